The molecular weight excluding hydrogens is 248 g/mol. The van der Waals surface area contributed by atoms with Crippen molar-refractivity contribution < 1.29 is 18.7 Å². The lowest BCUT2D eigenvalue weighted by molar-refractivity contribution is 0.0516. The summed E-state index contributed by atoms with van der Waals surface area (Å²) >= 11 is 0. The maximum Gasteiger partial charge on any atom is 0.394 e. The van der Waals surface area contributed by atoms with Crippen LogP contribution >= 0.6 is 0 Å². The third-order valence-corrected chi connectivity index (χ3v) is 3.36. The van der Waals surface area contributed by atoms with E-state index in [9.17, 15) is 4.79 Å². The van der Waals surface area contributed by atoms with Gasteiger partial charge in [-0.05, 0) is 32.7 Å². The second-order valence-corrected chi connectivity index (χ2v) is 4.66. The van der Waals surface area contributed by atoms with Gasteiger partial charge in [-0.1, -0.05) is 6.42 Å². The molecule has 2 atom stereocenters. The van der Waals surface area contributed by atoms with Crippen LogP contribution in [0, 0.1) is 5.92 Å². The van der Waals surface area contributed by atoms with Crippen molar-refractivity contribution >= 4 is 5.97 Å². The Hall–Kier alpha value is -1.56. The van der Waals surface area contributed by atoms with Crippen LogP contribution in [-0.2, 0) is 4.74 Å². The summed E-state index contributed by atoms with van der Waals surface area (Å²) in [6, 6.07) is 0. The molecule has 1 fully saturated rings. The molecule has 19 heavy (non-hydrogen) atoms. The largest absolute Gasteiger partial charge is 0.461 e. The number of hydrogen-bond acceptors (Lipinski definition) is 6. The highest BCUT2D eigenvalue weighted by Gasteiger charge is 2.27. The number of hydrogen-bond donors (Lipinski definition) is 1. The van der Waals surface area contributed by atoms with E-state index in [0.29, 0.717) is 19.1 Å². The average Bonchev–Trinajstić information content (AvgIpc) is 2.88. The smallest absolute Gasteiger partial charge is 0.394 e. The lowest BCUT2D eigenvalue weighted by Crippen LogP contribution is -2.35. The van der Waals surface area contributed by atoms with Crippen LogP contribution in [0.5, 0.6) is 6.08 Å². The number of esters is 1. The summed E-state index contributed by atoms with van der Waals surface area (Å²) < 4.78 is 15.7. The van der Waals surface area contributed by atoms with Crippen LogP contribution in [0.2, 0.25) is 0 Å². The molecule has 1 aliphatic rings. The first-order valence-electron chi connectivity index (χ1n) is 6.74. The standard InChI is InChI=1S/C13H20N2O4/c1-2-17-12(16)10-8-18-13(15-10)19-11-6-4-3-5-9(11)7-14/h8-9,11H,2-7,14H2,1H3. The Bertz CT molecular complexity index is 419. The van der Waals surface area contributed by atoms with Crippen molar-refractivity contribution in [2.45, 2.75) is 38.7 Å². The minimum Gasteiger partial charge on any atom is -0.461 e. The fourth-order valence-electron chi connectivity index (χ4n) is 2.34. The Labute approximate surface area is 112 Å². The fourth-order valence-corrected chi connectivity index (χ4v) is 2.34. The molecule has 0 saturated heterocycles. The van der Waals surface area contributed by atoms with Gasteiger partial charge in [0.05, 0.1) is 6.61 Å². The first kappa shape index (κ1) is 13.9. The van der Waals surface area contributed by atoms with Gasteiger partial charge in [-0.3, -0.25) is 0 Å². The summed E-state index contributed by atoms with van der Waals surface area (Å²) in [6.07, 6.45) is 5.70. The van der Waals surface area contributed by atoms with Crippen LogP contribution in [-0.4, -0.2) is 30.2 Å². The predicted octanol–water partition coefficient (Wildman–Crippen LogP) is 1.75. The van der Waals surface area contributed by atoms with Crippen LogP contribution in [0.25, 0.3) is 0 Å². The highest BCUT2D eigenvalue weighted by molar-refractivity contribution is 5.86. The summed E-state index contributed by atoms with van der Waals surface area (Å²) in [5.41, 5.74) is 5.87. The number of oxazole rings is 1. The highest BCUT2D eigenvalue weighted by Crippen LogP contribution is 2.27. The molecule has 6 nitrogen and oxygen atoms in total. The molecule has 0 radical (unpaired) electrons. The molecular formula is C13H20N2O4. The monoisotopic (exact) mass is 268 g/mol. The Morgan fingerprint density at radius 3 is 3.05 bits per heavy atom. The molecule has 1 heterocycles. The van der Waals surface area contributed by atoms with Crippen molar-refractivity contribution in [2.24, 2.45) is 11.7 Å². The topological polar surface area (TPSA) is 87.6 Å². The number of carbonyl (C=O) groups excluding carboxylic acids is 1. The maximum atomic E-state index is 11.5. The molecule has 6 heteroatoms. The van der Waals surface area contributed by atoms with Crippen LogP contribution in [0.15, 0.2) is 10.7 Å². The molecule has 0 aliphatic heterocycles. The van der Waals surface area contributed by atoms with Gasteiger partial charge in [0.25, 0.3) is 0 Å². The number of nitrogens with two attached hydrogens (primary N) is 1. The first-order chi connectivity index (χ1) is 9.24. The Kier molecular flexibility index (Phi) is 4.79. The van der Waals surface area contributed by atoms with E-state index in [1.165, 1.54) is 12.7 Å². The van der Waals surface area contributed by atoms with E-state index >= 15 is 0 Å². The normalized spacial score (nSPS) is 23.1. The quantitative estimate of drug-likeness (QED) is 0.818. The van der Waals surface area contributed by atoms with Gasteiger partial charge in [-0.25, -0.2) is 4.79 Å². The van der Waals surface area contributed by atoms with Gasteiger partial charge in [0.15, 0.2) is 5.69 Å². The van der Waals surface area contributed by atoms with E-state index in [1.807, 2.05) is 0 Å². The molecule has 1 saturated carbocycles. The minimum absolute atomic E-state index is 0.0208. The van der Waals surface area contributed by atoms with E-state index in [0.717, 1.165) is 19.3 Å². The van der Waals surface area contributed by atoms with Crippen molar-refractivity contribution in [2.75, 3.05) is 13.2 Å². The zero-order chi connectivity index (χ0) is 13.7. The molecule has 0 aromatic carbocycles. The van der Waals surface area contributed by atoms with Crippen LogP contribution in [0.1, 0.15) is 43.1 Å². The van der Waals surface area contributed by atoms with Gasteiger partial charge >= 0.3 is 12.0 Å². The maximum absolute atomic E-state index is 11.5. The van der Waals surface area contributed by atoms with Crippen LogP contribution in [0.3, 0.4) is 0 Å². The molecule has 0 bridgehead atoms. The predicted molar refractivity (Wildman–Crippen MR) is 67.9 cm³/mol. The lowest BCUT2D eigenvalue weighted by atomic mass is 9.86. The second kappa shape index (κ2) is 6.56. The summed E-state index contributed by atoms with van der Waals surface area (Å²) in [5, 5.41) is 0. The Balaban J connectivity index is 1.97. The molecule has 2 unspecified atom stereocenters. The van der Waals surface area contributed by atoms with E-state index in [2.05, 4.69) is 4.98 Å². The molecule has 1 aromatic rings. The molecule has 2 rings (SSSR count). The molecule has 1 aromatic heterocycles. The van der Waals surface area contributed by atoms with Crippen molar-refractivity contribution in [1.82, 2.24) is 4.98 Å². The van der Waals surface area contributed by atoms with Gasteiger partial charge in [0, 0.05) is 5.92 Å². The summed E-state index contributed by atoms with van der Waals surface area (Å²) in [7, 11) is 0. The first-order valence-corrected chi connectivity index (χ1v) is 6.74. The van der Waals surface area contributed by atoms with E-state index in [4.69, 9.17) is 19.6 Å². The van der Waals surface area contributed by atoms with Gasteiger partial charge in [0.2, 0.25) is 0 Å². The van der Waals surface area contributed by atoms with Gasteiger partial charge in [0.1, 0.15) is 12.4 Å². The SMILES string of the molecule is CCOC(=O)c1coc(OC2CCCCC2CN)n1. The van der Waals surface area contributed by atoms with Gasteiger partial charge in [-0.2, -0.15) is 4.98 Å². The zero-order valence-electron chi connectivity index (χ0n) is 11.1. The molecule has 0 amide bonds. The molecule has 0 spiro atoms. The van der Waals surface area contributed by atoms with E-state index in [1.54, 1.807) is 6.92 Å². The van der Waals surface area contributed by atoms with Crippen LogP contribution < -0.4 is 10.5 Å². The van der Waals surface area contributed by atoms with Crippen molar-refractivity contribution in [3.63, 3.8) is 0 Å². The summed E-state index contributed by atoms with van der Waals surface area (Å²) in [6.45, 7) is 2.64. The summed E-state index contributed by atoms with van der Waals surface area (Å²) in [4.78, 5) is 15.4. The summed E-state index contributed by atoms with van der Waals surface area (Å²) in [5.74, 6) is -0.174. The van der Waals surface area contributed by atoms with Crippen molar-refractivity contribution in [3.05, 3.63) is 12.0 Å². The molecule has 1 aliphatic carbocycles. The Morgan fingerprint density at radius 2 is 2.32 bits per heavy atom. The van der Waals surface area contributed by atoms with Crippen molar-refractivity contribution in [3.8, 4) is 6.08 Å². The second-order valence-electron chi connectivity index (χ2n) is 4.66. The third kappa shape index (κ3) is 3.47. The zero-order valence-corrected chi connectivity index (χ0v) is 11.1. The van der Waals surface area contributed by atoms with Gasteiger partial charge < -0.3 is 19.6 Å². The highest BCUT2D eigenvalue weighted by atomic mass is 16.6. The van der Waals surface area contributed by atoms with Crippen LogP contribution in [0.4, 0.5) is 0 Å². The lowest BCUT2D eigenvalue weighted by Gasteiger charge is -2.29. The third-order valence-electron chi connectivity index (χ3n) is 3.36. The van der Waals surface area contributed by atoms with E-state index < -0.39 is 5.97 Å². The minimum atomic E-state index is -0.500. The van der Waals surface area contributed by atoms with Crippen molar-refractivity contribution in [1.29, 1.82) is 0 Å². The molecule has 2 N–H and O–H groups in total. The number of carbonyl (C=O) groups is 1. The fraction of sp³-hybridized carbons (Fsp3) is 0.692. The molecule has 106 valence electrons. The van der Waals surface area contributed by atoms with E-state index in [-0.39, 0.29) is 17.9 Å². The number of ether oxygens (including phenoxy) is 2. The van der Waals surface area contributed by atoms with Gasteiger partial charge in [-0.15, -0.1) is 0 Å². The number of aromatic nitrogens is 1. The number of rotatable bonds is 5. The number of nitrogens with zero attached hydrogens (tertiary/aromatic N) is 1. The Morgan fingerprint density at radius 1 is 1.53 bits per heavy atom. The average molecular weight is 268 g/mol.